The monoisotopic (exact) mass is 358 g/mol. The van der Waals surface area contributed by atoms with E-state index in [0.717, 1.165) is 6.42 Å². The molecule has 14 heavy (non-hydrogen) atoms. The molecule has 1 aromatic rings. The van der Waals surface area contributed by atoms with Crippen molar-refractivity contribution in [2.75, 3.05) is 0 Å². The van der Waals surface area contributed by atoms with Gasteiger partial charge < -0.3 is 0 Å². The Labute approximate surface area is 98.1 Å². The van der Waals surface area contributed by atoms with Crippen LogP contribution in [0, 0.1) is 27.7 Å². The first kappa shape index (κ1) is 11.9. The van der Waals surface area contributed by atoms with Gasteiger partial charge in [0, 0.05) is 0 Å². The molecule has 1 rings (SSSR count). The Morgan fingerprint density at radius 2 is 1.64 bits per heavy atom. The first-order chi connectivity index (χ1) is 6.43. The third kappa shape index (κ3) is 2.42. The average Bonchev–Trinajstić information content (AvgIpc) is 2.10. The van der Waals surface area contributed by atoms with Crippen LogP contribution in [0.5, 0.6) is 0 Å². The molecule has 0 radical (unpaired) electrons. The van der Waals surface area contributed by atoms with Gasteiger partial charge in [0.1, 0.15) is 0 Å². The van der Waals surface area contributed by atoms with E-state index in [0.29, 0.717) is 0 Å². The van der Waals surface area contributed by atoms with E-state index in [1.165, 1.54) is 27.8 Å². The summed E-state index contributed by atoms with van der Waals surface area (Å²) in [4.78, 5) is 0. The van der Waals surface area contributed by atoms with Crippen LogP contribution in [0.2, 0.25) is 0 Å². The van der Waals surface area contributed by atoms with Gasteiger partial charge in [-0.15, -0.1) is 0 Å². The van der Waals surface area contributed by atoms with Gasteiger partial charge >= 0.3 is 98.2 Å². The molecule has 0 heterocycles. The van der Waals surface area contributed by atoms with Crippen molar-refractivity contribution in [1.29, 1.82) is 0 Å². The summed E-state index contributed by atoms with van der Waals surface area (Å²) in [5.74, 6) is 0. The molecular formula is C13H18W. The van der Waals surface area contributed by atoms with Gasteiger partial charge in [-0.3, -0.25) is 0 Å². The van der Waals surface area contributed by atoms with Crippen LogP contribution >= 0.6 is 0 Å². The molecule has 0 aliphatic rings. The number of hydrogen-bond acceptors (Lipinski definition) is 0. The van der Waals surface area contributed by atoms with Gasteiger partial charge in [-0.25, -0.2) is 0 Å². The molecule has 0 aliphatic carbocycles. The van der Waals surface area contributed by atoms with Crippen LogP contribution in [0.4, 0.5) is 0 Å². The molecule has 0 aromatic heterocycles. The molecule has 0 atom stereocenters. The fraction of sp³-hybridized carbons (Fsp3) is 0.462. The molecule has 0 aliphatic heterocycles. The average molecular weight is 358 g/mol. The summed E-state index contributed by atoms with van der Waals surface area (Å²) >= 11 is 1.61. The molecule has 76 valence electrons. The second-order valence-electron chi connectivity index (χ2n) is 4.11. The number of aryl methyl sites for hydroxylation is 1. The maximum absolute atomic E-state index is 2.35. The van der Waals surface area contributed by atoms with Crippen LogP contribution in [0.1, 0.15) is 34.7 Å². The summed E-state index contributed by atoms with van der Waals surface area (Å²) in [7, 11) is 0. The molecule has 1 aromatic carbocycles. The Bertz CT molecular complexity index is 375. The molecule has 0 nitrogen and oxygen atoms in total. The van der Waals surface area contributed by atoms with E-state index in [-0.39, 0.29) is 0 Å². The van der Waals surface area contributed by atoms with Gasteiger partial charge in [-0.2, -0.15) is 0 Å². The number of hydrogen-bond donors (Lipinski definition) is 0. The summed E-state index contributed by atoms with van der Waals surface area (Å²) in [5, 5.41) is 0. The van der Waals surface area contributed by atoms with Crippen molar-refractivity contribution in [2.24, 2.45) is 0 Å². The van der Waals surface area contributed by atoms with Crippen LogP contribution in [-0.2, 0) is 25.8 Å². The summed E-state index contributed by atoms with van der Waals surface area (Å²) < 4.78 is 1.57. The van der Waals surface area contributed by atoms with Crippen molar-refractivity contribution in [3.8, 4) is 0 Å². The third-order valence-electron chi connectivity index (χ3n) is 3.03. The second-order valence-corrected chi connectivity index (χ2v) is 6.61. The van der Waals surface area contributed by atoms with Crippen LogP contribution in [0.15, 0.2) is 6.07 Å². The van der Waals surface area contributed by atoms with Crippen LogP contribution in [0.3, 0.4) is 0 Å². The van der Waals surface area contributed by atoms with Gasteiger partial charge in [0.15, 0.2) is 0 Å². The van der Waals surface area contributed by atoms with E-state index < -0.39 is 0 Å². The Morgan fingerprint density at radius 3 is 2.14 bits per heavy atom. The fourth-order valence-corrected chi connectivity index (χ4v) is 2.31. The predicted octanol–water partition coefficient (Wildman–Crippen LogP) is 3.20. The zero-order chi connectivity index (χ0) is 10.9. The molecule has 0 saturated heterocycles. The van der Waals surface area contributed by atoms with Gasteiger partial charge in [-0.05, 0) is 0 Å². The van der Waals surface area contributed by atoms with E-state index >= 15 is 0 Å². The van der Waals surface area contributed by atoms with Crippen molar-refractivity contribution in [1.82, 2.24) is 0 Å². The molecule has 0 unspecified atom stereocenters. The summed E-state index contributed by atoms with van der Waals surface area (Å²) in [6.45, 7) is 11.1. The second kappa shape index (κ2) is 4.53. The minimum absolute atomic E-state index is 1.16. The maximum atomic E-state index is 2.35. The Hall–Kier alpha value is -0.222. The van der Waals surface area contributed by atoms with E-state index in [9.17, 15) is 0 Å². The van der Waals surface area contributed by atoms with Gasteiger partial charge in [-0.1, -0.05) is 0 Å². The molecule has 0 spiro atoms. The van der Waals surface area contributed by atoms with Crippen molar-refractivity contribution in [2.45, 2.75) is 41.0 Å². The Balaban J connectivity index is 3.25. The van der Waals surface area contributed by atoms with E-state index in [4.69, 9.17) is 0 Å². The zero-order valence-electron chi connectivity index (χ0n) is 9.69. The first-order valence-corrected chi connectivity index (χ1v) is 6.46. The van der Waals surface area contributed by atoms with Gasteiger partial charge in [0.05, 0.1) is 0 Å². The van der Waals surface area contributed by atoms with Crippen molar-refractivity contribution < 1.29 is 19.4 Å². The van der Waals surface area contributed by atoms with Crippen molar-refractivity contribution >= 4 is 3.90 Å². The summed E-state index contributed by atoms with van der Waals surface area (Å²) in [6, 6.07) is 2.35. The zero-order valence-corrected chi connectivity index (χ0v) is 12.6. The minimum atomic E-state index is 1.16. The van der Waals surface area contributed by atoms with Crippen molar-refractivity contribution in [3.05, 3.63) is 33.9 Å². The molecule has 0 fully saturated rings. The van der Waals surface area contributed by atoms with E-state index in [1.807, 2.05) is 0 Å². The molecule has 0 N–H and O–H groups in total. The summed E-state index contributed by atoms with van der Waals surface area (Å²) in [6.07, 6.45) is 1.16. The molecular weight excluding hydrogens is 340 g/mol. The molecule has 0 saturated carbocycles. The normalized spacial score (nSPS) is 10.4. The van der Waals surface area contributed by atoms with Crippen LogP contribution in [0.25, 0.3) is 0 Å². The SMILES string of the molecule is C[C](=[W])Cc1cc(C)c(C)c(C)c1C. The van der Waals surface area contributed by atoms with Crippen LogP contribution < -0.4 is 0 Å². The Morgan fingerprint density at radius 1 is 1.07 bits per heavy atom. The Kier molecular flexibility index (Phi) is 3.84. The third-order valence-corrected chi connectivity index (χ3v) is 3.55. The molecule has 0 bridgehead atoms. The van der Waals surface area contributed by atoms with Gasteiger partial charge in [0.2, 0.25) is 0 Å². The fourth-order valence-electron chi connectivity index (χ4n) is 1.75. The number of benzene rings is 1. The number of rotatable bonds is 2. The standard InChI is InChI=1S/C13H18.W/c1-6-7-13-8-9(2)10(3)11(4)12(13)5;/h8H,7H2,1-5H3;. The summed E-state index contributed by atoms with van der Waals surface area (Å²) in [5.41, 5.74) is 7.34. The topological polar surface area (TPSA) is 0 Å². The van der Waals surface area contributed by atoms with Gasteiger partial charge in [0.25, 0.3) is 0 Å². The van der Waals surface area contributed by atoms with E-state index in [2.05, 4.69) is 40.7 Å². The molecule has 1 heteroatoms. The van der Waals surface area contributed by atoms with Crippen molar-refractivity contribution in [3.63, 3.8) is 0 Å². The first-order valence-electron chi connectivity index (χ1n) is 4.99. The van der Waals surface area contributed by atoms with E-state index in [1.54, 1.807) is 23.3 Å². The quantitative estimate of drug-likeness (QED) is 0.762. The molecule has 0 amide bonds. The van der Waals surface area contributed by atoms with Crippen LogP contribution in [-0.4, -0.2) is 3.90 Å². The predicted molar refractivity (Wildman–Crippen MR) is 59.8 cm³/mol.